The molecular formula is C35H36ClNO10. The van der Waals surface area contributed by atoms with Crippen molar-refractivity contribution < 1.29 is 47.9 Å². The van der Waals surface area contributed by atoms with Crippen molar-refractivity contribution in [1.29, 1.82) is 0 Å². The van der Waals surface area contributed by atoms with Crippen LogP contribution in [-0.4, -0.2) is 96.2 Å². The molecule has 3 aromatic carbocycles. The quantitative estimate of drug-likeness (QED) is 0.281. The molecule has 0 aliphatic carbocycles. The predicted molar refractivity (Wildman–Crippen MR) is 166 cm³/mol. The van der Waals surface area contributed by atoms with E-state index in [0.717, 1.165) is 16.0 Å². The van der Waals surface area contributed by atoms with E-state index in [9.17, 15) is 14.7 Å². The zero-order chi connectivity index (χ0) is 32.7. The molecule has 11 nitrogen and oxygen atoms in total. The summed E-state index contributed by atoms with van der Waals surface area (Å²) in [5, 5.41) is 10.3. The largest absolute Gasteiger partial charge is 0.389 e. The fraction of sp³-hybridized carbons (Fsp3) is 0.429. The first kappa shape index (κ1) is 32.3. The van der Waals surface area contributed by atoms with Crippen molar-refractivity contribution in [3.8, 4) is 0 Å². The third-order valence-corrected chi connectivity index (χ3v) is 9.51. The van der Waals surface area contributed by atoms with E-state index >= 15 is 0 Å². The topological polar surface area (TPSA) is 122 Å². The number of ether oxygens (including phenoxy) is 7. The lowest BCUT2D eigenvalue weighted by atomic mass is 9.93. The lowest BCUT2D eigenvalue weighted by molar-refractivity contribution is -0.370. The van der Waals surface area contributed by atoms with Gasteiger partial charge in [-0.3, -0.25) is 14.5 Å². The Hall–Kier alpha value is -3.23. The van der Waals surface area contributed by atoms with Gasteiger partial charge in [0.15, 0.2) is 18.9 Å². The van der Waals surface area contributed by atoms with Crippen LogP contribution in [-0.2, 0) is 39.8 Å². The third-order valence-electron chi connectivity index (χ3n) is 9.05. The summed E-state index contributed by atoms with van der Waals surface area (Å²) in [7, 11) is 1.42. The Morgan fingerprint density at radius 3 is 2.15 bits per heavy atom. The molecule has 47 heavy (non-hydrogen) atoms. The Balaban J connectivity index is 1.19. The highest BCUT2D eigenvalue weighted by Gasteiger charge is 2.58. The molecule has 2 amide bonds. The lowest BCUT2D eigenvalue weighted by Crippen LogP contribution is -2.69. The van der Waals surface area contributed by atoms with Crippen LogP contribution in [0.25, 0.3) is 0 Å². The maximum atomic E-state index is 13.8. The summed E-state index contributed by atoms with van der Waals surface area (Å²) < 4.78 is 43.5. The maximum Gasteiger partial charge on any atom is 0.262 e. The van der Waals surface area contributed by atoms with Gasteiger partial charge in [0.1, 0.15) is 41.9 Å². The van der Waals surface area contributed by atoms with Crippen molar-refractivity contribution in [2.24, 2.45) is 0 Å². The number of alkyl halides is 1. The normalized spacial score (nSPS) is 35.4. The predicted octanol–water partition coefficient (Wildman–Crippen LogP) is 3.82. The van der Waals surface area contributed by atoms with Gasteiger partial charge < -0.3 is 38.3 Å². The molecule has 0 unspecified atom stereocenters. The van der Waals surface area contributed by atoms with Gasteiger partial charge >= 0.3 is 0 Å². The van der Waals surface area contributed by atoms with E-state index in [-0.39, 0.29) is 24.3 Å². The number of carbonyl (C=O) groups is 2. The molecule has 0 aromatic heterocycles. The summed E-state index contributed by atoms with van der Waals surface area (Å²) in [6, 6.07) is 24.4. The Labute approximate surface area is 277 Å². The number of amides is 2. The van der Waals surface area contributed by atoms with E-state index in [1.807, 2.05) is 60.7 Å². The molecule has 0 saturated carbocycles. The number of imide groups is 1. The summed E-state index contributed by atoms with van der Waals surface area (Å²) in [4.78, 5) is 28.7. The molecular weight excluding hydrogens is 630 g/mol. The van der Waals surface area contributed by atoms with Crippen LogP contribution < -0.4 is 0 Å². The number of aliphatic hydroxyl groups is 1. The number of halogens is 1. The van der Waals surface area contributed by atoms with E-state index in [1.54, 1.807) is 31.2 Å². The molecule has 3 saturated heterocycles. The summed E-state index contributed by atoms with van der Waals surface area (Å²) in [6.07, 6.45) is -8.25. The van der Waals surface area contributed by atoms with E-state index in [2.05, 4.69) is 0 Å². The second kappa shape index (κ2) is 13.7. The molecule has 4 heterocycles. The summed E-state index contributed by atoms with van der Waals surface area (Å²) in [5.41, 5.74) is 2.22. The lowest BCUT2D eigenvalue weighted by Gasteiger charge is -2.52. The summed E-state index contributed by atoms with van der Waals surface area (Å²) in [6.45, 7) is 2.13. The molecule has 7 rings (SSSR count). The molecule has 0 bridgehead atoms. The van der Waals surface area contributed by atoms with Gasteiger partial charge in [0, 0.05) is 12.7 Å². The van der Waals surface area contributed by atoms with Gasteiger partial charge in [-0.15, -0.1) is 11.6 Å². The van der Waals surface area contributed by atoms with Crippen molar-refractivity contribution in [1.82, 2.24) is 4.90 Å². The molecule has 4 aliphatic rings. The molecule has 0 spiro atoms. The van der Waals surface area contributed by atoms with Gasteiger partial charge in [0.2, 0.25) is 0 Å². The first-order chi connectivity index (χ1) is 22.9. The van der Waals surface area contributed by atoms with Crippen LogP contribution in [0.1, 0.15) is 45.1 Å². The molecule has 1 N–H and O–H groups in total. The van der Waals surface area contributed by atoms with E-state index in [1.165, 1.54) is 7.11 Å². The Morgan fingerprint density at radius 2 is 1.49 bits per heavy atom. The number of hydrogen-bond acceptors (Lipinski definition) is 10. The summed E-state index contributed by atoms with van der Waals surface area (Å²) >= 11 is 6.85. The van der Waals surface area contributed by atoms with Gasteiger partial charge in [-0.05, 0) is 24.6 Å². The SMILES string of the molecule is CO[C@@H]1O[C@@H]2CO[C@@H](c3ccccc3)O[C@H]2[C@H](O[C@@H]2O[C@@H](C)[C@H](OCc3ccccc3)[C@@H](O)[C@H]2Cl)[C@H]1N1C(=O)c2ccccc2C1=O. The molecule has 4 aliphatic heterocycles. The van der Waals surface area contributed by atoms with Crippen LogP contribution in [0.2, 0.25) is 0 Å². The molecule has 248 valence electrons. The molecule has 3 fully saturated rings. The highest BCUT2D eigenvalue weighted by atomic mass is 35.5. The minimum Gasteiger partial charge on any atom is -0.389 e. The van der Waals surface area contributed by atoms with Crippen molar-refractivity contribution in [3.63, 3.8) is 0 Å². The average molecular weight is 666 g/mol. The maximum absolute atomic E-state index is 13.8. The molecule has 0 radical (unpaired) electrons. The Bertz CT molecular complexity index is 1530. The number of nitrogens with zero attached hydrogens (tertiary/aromatic N) is 1. The smallest absolute Gasteiger partial charge is 0.262 e. The number of benzene rings is 3. The van der Waals surface area contributed by atoms with E-state index in [4.69, 9.17) is 44.8 Å². The second-order valence-corrected chi connectivity index (χ2v) is 12.5. The first-order valence-corrected chi connectivity index (χ1v) is 16.0. The molecule has 12 heteroatoms. The van der Waals surface area contributed by atoms with Gasteiger partial charge in [0.25, 0.3) is 11.8 Å². The number of carbonyl (C=O) groups excluding carboxylic acids is 2. The van der Waals surface area contributed by atoms with Gasteiger partial charge in [-0.1, -0.05) is 72.8 Å². The van der Waals surface area contributed by atoms with Crippen molar-refractivity contribution in [2.75, 3.05) is 13.7 Å². The molecule has 11 atom stereocenters. The number of fused-ring (bicyclic) bond motifs is 2. The highest BCUT2D eigenvalue weighted by molar-refractivity contribution is 6.22. The minimum absolute atomic E-state index is 0.114. The van der Waals surface area contributed by atoms with Crippen LogP contribution in [0.3, 0.4) is 0 Å². The molecule has 3 aromatic rings. The fourth-order valence-electron chi connectivity index (χ4n) is 6.69. The summed E-state index contributed by atoms with van der Waals surface area (Å²) in [5.74, 6) is -1.04. The highest BCUT2D eigenvalue weighted by Crippen LogP contribution is 2.41. The van der Waals surface area contributed by atoms with Gasteiger partial charge in [-0.2, -0.15) is 0 Å². The van der Waals surface area contributed by atoms with Crippen LogP contribution in [0.5, 0.6) is 0 Å². The minimum atomic E-state index is -1.18. The zero-order valence-electron chi connectivity index (χ0n) is 25.8. The third kappa shape index (κ3) is 6.12. The zero-order valence-corrected chi connectivity index (χ0v) is 26.6. The van der Waals surface area contributed by atoms with Crippen LogP contribution in [0.4, 0.5) is 0 Å². The van der Waals surface area contributed by atoms with Gasteiger partial charge in [0.05, 0.1) is 30.4 Å². The monoisotopic (exact) mass is 665 g/mol. The van der Waals surface area contributed by atoms with Crippen LogP contribution in [0.15, 0.2) is 84.9 Å². The van der Waals surface area contributed by atoms with E-state index < -0.39 is 78.7 Å². The number of rotatable bonds is 8. The number of methoxy groups -OCH3 is 1. The standard InChI is InChI=1S/C35H36ClNO10/c1-19-28(42-17-20-11-5-3-6-12-20)27(38)25(36)34(44-19)47-30-26(37-31(39)22-15-9-10-16-23(22)32(37)40)35(41-2)45-24-18-43-33(46-29(24)30)21-13-7-4-8-14-21/h3-16,19,24-30,33-35,38H,17-18H2,1-2H3/t19-,24+,25+,26+,27-,28-,29+,30+,33+,34-,35+/m0/s1. The van der Waals surface area contributed by atoms with E-state index in [0.29, 0.717) is 0 Å². The fourth-order valence-corrected chi connectivity index (χ4v) is 6.95. The van der Waals surface area contributed by atoms with Crippen molar-refractivity contribution >= 4 is 23.4 Å². The van der Waals surface area contributed by atoms with Gasteiger partial charge in [-0.25, -0.2) is 0 Å². The number of hydrogen-bond donors (Lipinski definition) is 1. The van der Waals surface area contributed by atoms with Crippen molar-refractivity contribution in [2.45, 2.75) is 80.4 Å². The Kier molecular flexibility index (Phi) is 9.43. The number of aliphatic hydroxyl groups excluding tert-OH is 1. The average Bonchev–Trinajstić information content (AvgIpc) is 3.36. The Morgan fingerprint density at radius 1 is 0.851 bits per heavy atom. The first-order valence-electron chi connectivity index (χ1n) is 15.6. The van der Waals surface area contributed by atoms with Crippen LogP contribution >= 0.6 is 11.6 Å². The van der Waals surface area contributed by atoms with Crippen LogP contribution in [0, 0.1) is 0 Å². The van der Waals surface area contributed by atoms with Crippen molar-refractivity contribution in [3.05, 3.63) is 107 Å². The second-order valence-electron chi connectivity index (χ2n) is 12.0.